The van der Waals surface area contributed by atoms with E-state index in [1.165, 1.54) is 17.7 Å². The lowest BCUT2D eigenvalue weighted by molar-refractivity contribution is 0.0531. The Morgan fingerprint density at radius 3 is 2.80 bits per heavy atom. The minimum absolute atomic E-state index is 0.232. The van der Waals surface area contributed by atoms with Gasteiger partial charge in [0.05, 0.1) is 28.2 Å². The van der Waals surface area contributed by atoms with Gasteiger partial charge in [-0.05, 0) is 36.2 Å². The second-order valence-corrected chi connectivity index (χ2v) is 10.1. The van der Waals surface area contributed by atoms with Crippen LogP contribution in [0.1, 0.15) is 39.2 Å². The number of H-pyrrole nitrogens is 1. The second kappa shape index (κ2) is 10.6. The molecule has 35 heavy (non-hydrogen) atoms. The van der Waals surface area contributed by atoms with Crippen LogP contribution in [-0.2, 0) is 16.5 Å². The predicted octanol–water partition coefficient (Wildman–Crippen LogP) is 3.19. The number of rotatable bonds is 7. The van der Waals surface area contributed by atoms with E-state index in [-0.39, 0.29) is 24.7 Å². The highest BCUT2D eigenvalue weighted by Gasteiger charge is 2.34. The summed E-state index contributed by atoms with van der Waals surface area (Å²) in [5.41, 5.74) is 1.51. The Morgan fingerprint density at radius 2 is 2.20 bits per heavy atom. The number of ether oxygens (including phenoxy) is 2. The van der Waals surface area contributed by atoms with Crippen molar-refractivity contribution in [3.05, 3.63) is 32.1 Å². The molecule has 1 aliphatic rings. The van der Waals surface area contributed by atoms with Crippen molar-refractivity contribution in [1.82, 2.24) is 30.0 Å². The van der Waals surface area contributed by atoms with Crippen molar-refractivity contribution in [3.8, 4) is 11.5 Å². The van der Waals surface area contributed by atoms with Crippen molar-refractivity contribution < 1.29 is 19.1 Å². The van der Waals surface area contributed by atoms with E-state index < -0.39 is 5.97 Å². The summed E-state index contributed by atoms with van der Waals surface area (Å²) in [6.45, 7) is 4.90. The summed E-state index contributed by atoms with van der Waals surface area (Å²) in [4.78, 5) is 39.9. The Labute approximate surface area is 219 Å². The van der Waals surface area contributed by atoms with Gasteiger partial charge in [-0.1, -0.05) is 22.9 Å². The molecule has 0 saturated carbocycles. The number of hydrogen-bond acceptors (Lipinski definition) is 9. The van der Waals surface area contributed by atoms with Gasteiger partial charge in [0, 0.05) is 32.9 Å². The number of carbonyl (C=O) groups is 2. The molecule has 0 bridgehead atoms. The van der Waals surface area contributed by atoms with Crippen LogP contribution in [0.4, 0.5) is 5.13 Å². The van der Waals surface area contributed by atoms with Crippen LogP contribution in [-0.4, -0.2) is 75.6 Å². The average molecular weight is 587 g/mol. The fourth-order valence-corrected chi connectivity index (χ4v) is 5.47. The standard InChI is InChI=1S/C21H25BrClN7O4S/c1-5-34-20(32)17-16(18-24-9-25-29(18)3)28-21(35-17)30-7-6-11(12(8-30)33-4)27-19(31)15-14(23)13(22)10(2)26-15/h9,11-12,26H,5-8H2,1-4H3,(H,27,31). The molecule has 11 nitrogen and oxygen atoms in total. The largest absolute Gasteiger partial charge is 0.462 e. The number of thiazole rings is 1. The number of methoxy groups -OCH3 is 1. The van der Waals surface area contributed by atoms with Gasteiger partial charge in [0.25, 0.3) is 5.91 Å². The lowest BCUT2D eigenvalue weighted by Crippen LogP contribution is -2.55. The molecule has 188 valence electrons. The van der Waals surface area contributed by atoms with Gasteiger partial charge in [-0.3, -0.25) is 4.79 Å². The maximum Gasteiger partial charge on any atom is 0.350 e. The number of esters is 1. The van der Waals surface area contributed by atoms with Crippen LogP contribution in [0.15, 0.2) is 10.8 Å². The topological polar surface area (TPSA) is 127 Å². The van der Waals surface area contributed by atoms with Crippen molar-refractivity contribution in [3.63, 3.8) is 0 Å². The molecular formula is C21H25BrClN7O4S. The molecule has 2 N–H and O–H groups in total. The highest BCUT2D eigenvalue weighted by atomic mass is 79.9. The number of anilines is 1. The van der Waals surface area contributed by atoms with Gasteiger partial charge in [0.2, 0.25) is 0 Å². The second-order valence-electron chi connectivity index (χ2n) is 7.94. The first-order valence-corrected chi connectivity index (χ1v) is 12.9. The van der Waals surface area contributed by atoms with Crippen molar-refractivity contribution in [1.29, 1.82) is 0 Å². The van der Waals surface area contributed by atoms with Crippen LogP contribution >= 0.6 is 38.9 Å². The fourth-order valence-electron chi connectivity index (χ4n) is 3.90. The van der Waals surface area contributed by atoms with Gasteiger partial charge in [0.15, 0.2) is 11.0 Å². The van der Waals surface area contributed by atoms with Crippen molar-refractivity contribution in [2.75, 3.05) is 31.7 Å². The van der Waals surface area contributed by atoms with Crippen LogP contribution in [0.25, 0.3) is 11.5 Å². The van der Waals surface area contributed by atoms with Gasteiger partial charge in [-0.25, -0.2) is 19.4 Å². The summed E-state index contributed by atoms with van der Waals surface area (Å²) in [6.07, 6.45) is 1.71. The maximum atomic E-state index is 12.9. The van der Waals surface area contributed by atoms with E-state index in [4.69, 9.17) is 26.1 Å². The smallest absolute Gasteiger partial charge is 0.350 e. The third-order valence-corrected chi connectivity index (χ3v) is 8.42. The number of halogens is 2. The summed E-state index contributed by atoms with van der Waals surface area (Å²) in [7, 11) is 3.34. The number of aromatic nitrogens is 5. The third kappa shape index (κ3) is 5.08. The Balaban J connectivity index is 1.54. The van der Waals surface area contributed by atoms with Gasteiger partial charge in [-0.15, -0.1) is 0 Å². The van der Waals surface area contributed by atoms with Crippen molar-refractivity contribution >= 4 is 55.9 Å². The molecular weight excluding hydrogens is 562 g/mol. The van der Waals surface area contributed by atoms with E-state index in [9.17, 15) is 9.59 Å². The van der Waals surface area contributed by atoms with Crippen molar-refractivity contribution in [2.45, 2.75) is 32.4 Å². The Kier molecular flexibility index (Phi) is 7.79. The van der Waals surface area contributed by atoms with Gasteiger partial charge in [0.1, 0.15) is 22.6 Å². The quantitative estimate of drug-likeness (QED) is 0.404. The monoisotopic (exact) mass is 585 g/mol. The summed E-state index contributed by atoms with van der Waals surface area (Å²) in [5.74, 6) is -0.276. The lowest BCUT2D eigenvalue weighted by atomic mass is 10.0. The van der Waals surface area contributed by atoms with Gasteiger partial charge >= 0.3 is 5.97 Å². The molecule has 2 unspecified atom stereocenters. The highest BCUT2D eigenvalue weighted by molar-refractivity contribution is 9.10. The molecule has 0 spiro atoms. The zero-order chi connectivity index (χ0) is 25.3. The van der Waals surface area contributed by atoms with Crippen LogP contribution in [0.5, 0.6) is 0 Å². The summed E-state index contributed by atoms with van der Waals surface area (Å²) < 4.78 is 13.2. The van der Waals surface area contributed by atoms with Crippen molar-refractivity contribution in [2.24, 2.45) is 7.05 Å². The van der Waals surface area contributed by atoms with E-state index in [0.29, 0.717) is 56.2 Å². The fraction of sp³-hybridized carbons (Fsp3) is 0.476. The number of piperidine rings is 1. The van der Waals surface area contributed by atoms with Crippen LogP contribution < -0.4 is 10.2 Å². The van der Waals surface area contributed by atoms with E-state index in [0.717, 1.165) is 5.69 Å². The Bertz CT molecular complexity index is 1240. The summed E-state index contributed by atoms with van der Waals surface area (Å²) >= 11 is 10.9. The predicted molar refractivity (Wildman–Crippen MR) is 135 cm³/mol. The summed E-state index contributed by atoms with van der Waals surface area (Å²) in [6, 6.07) is -0.232. The first kappa shape index (κ1) is 25.6. The normalized spacial score (nSPS) is 18.1. The molecule has 0 radical (unpaired) electrons. The molecule has 2 atom stereocenters. The molecule has 1 aliphatic heterocycles. The van der Waals surface area contributed by atoms with Gasteiger partial charge < -0.3 is 24.7 Å². The number of amides is 1. The minimum Gasteiger partial charge on any atom is -0.462 e. The molecule has 1 saturated heterocycles. The molecule has 14 heteroatoms. The average Bonchev–Trinajstić information content (AvgIpc) is 3.53. The zero-order valence-electron chi connectivity index (χ0n) is 19.6. The molecule has 1 amide bonds. The lowest BCUT2D eigenvalue weighted by Gasteiger charge is -2.37. The Morgan fingerprint density at radius 1 is 1.43 bits per heavy atom. The third-order valence-electron chi connectivity index (χ3n) is 5.73. The molecule has 3 aromatic heterocycles. The number of nitrogens with one attached hydrogen (secondary N) is 2. The number of carbonyl (C=O) groups excluding carboxylic acids is 2. The van der Waals surface area contributed by atoms with E-state index >= 15 is 0 Å². The van der Waals surface area contributed by atoms with Crippen LogP contribution in [0.2, 0.25) is 5.02 Å². The van der Waals surface area contributed by atoms with Crippen LogP contribution in [0.3, 0.4) is 0 Å². The highest BCUT2D eigenvalue weighted by Crippen LogP contribution is 2.35. The maximum absolute atomic E-state index is 12.9. The SMILES string of the molecule is CCOC(=O)c1sc(N2CCC(NC(=O)c3[nH]c(C)c(Br)c3Cl)C(OC)C2)nc1-c1ncnn1C. The van der Waals surface area contributed by atoms with Gasteiger partial charge in [-0.2, -0.15) is 5.10 Å². The number of aryl methyl sites for hydroxylation is 2. The zero-order valence-corrected chi connectivity index (χ0v) is 22.8. The number of hydrogen-bond donors (Lipinski definition) is 2. The van der Waals surface area contributed by atoms with E-state index in [1.807, 2.05) is 11.8 Å². The molecule has 0 aliphatic carbocycles. The Hall–Kier alpha value is -2.48. The first-order valence-electron chi connectivity index (χ1n) is 10.9. The molecule has 0 aromatic carbocycles. The van der Waals surface area contributed by atoms with Crippen LogP contribution in [0, 0.1) is 6.92 Å². The number of nitrogens with zero attached hydrogens (tertiary/aromatic N) is 5. The molecule has 1 fully saturated rings. The van der Waals surface area contributed by atoms with E-state index in [2.05, 4.69) is 36.3 Å². The van der Waals surface area contributed by atoms with E-state index in [1.54, 1.807) is 25.8 Å². The molecule has 4 heterocycles. The summed E-state index contributed by atoms with van der Waals surface area (Å²) in [5, 5.41) is 8.11. The molecule has 3 aromatic rings. The molecule has 4 rings (SSSR count). The number of aromatic amines is 1. The minimum atomic E-state index is -0.455. The first-order chi connectivity index (χ1) is 16.7.